The van der Waals surface area contributed by atoms with Gasteiger partial charge in [0.1, 0.15) is 11.6 Å². The molecule has 0 atom stereocenters. The molecule has 0 aromatic carbocycles. The first-order valence-corrected chi connectivity index (χ1v) is 8.09. The van der Waals surface area contributed by atoms with Crippen LogP contribution < -0.4 is 10.2 Å². The van der Waals surface area contributed by atoms with Crippen LogP contribution in [0.15, 0.2) is 29.7 Å². The number of aromatic nitrogens is 1. The molecule has 2 heterocycles. The molecule has 1 N–H and O–H groups in total. The van der Waals surface area contributed by atoms with Crippen molar-refractivity contribution in [1.82, 2.24) is 10.3 Å². The Morgan fingerprint density at radius 3 is 2.67 bits per heavy atom. The number of halogens is 1. The molecule has 0 radical (unpaired) electrons. The van der Waals surface area contributed by atoms with Gasteiger partial charge in [-0.3, -0.25) is 4.79 Å². The van der Waals surface area contributed by atoms with E-state index in [-0.39, 0.29) is 18.3 Å². The fraction of sp³-hybridized carbons (Fsp3) is 0.467. The quantitative estimate of drug-likeness (QED) is 0.929. The Labute approximate surface area is 128 Å². The number of rotatable bonds is 4. The molecule has 1 aromatic heterocycles. The SMILES string of the molecule is CN(C)c1ccc(C(=O)NCC(F)=C2CCSCC2)cn1. The van der Waals surface area contributed by atoms with E-state index in [4.69, 9.17) is 0 Å². The van der Waals surface area contributed by atoms with E-state index >= 15 is 0 Å². The van der Waals surface area contributed by atoms with Crippen molar-refractivity contribution in [2.75, 3.05) is 37.0 Å². The van der Waals surface area contributed by atoms with Gasteiger partial charge in [0.05, 0.1) is 12.1 Å². The van der Waals surface area contributed by atoms with Gasteiger partial charge >= 0.3 is 0 Å². The zero-order valence-electron chi connectivity index (χ0n) is 12.4. The standard InChI is InChI=1S/C15H20FN3OS/c1-19(2)14-4-3-12(9-17-14)15(20)18-10-13(16)11-5-7-21-8-6-11/h3-4,9H,5-8,10H2,1-2H3,(H,18,20). The Morgan fingerprint density at radius 1 is 1.38 bits per heavy atom. The second-order valence-electron chi connectivity index (χ2n) is 5.10. The molecule has 1 aliphatic rings. The summed E-state index contributed by atoms with van der Waals surface area (Å²) in [4.78, 5) is 18.0. The highest BCUT2D eigenvalue weighted by Gasteiger charge is 2.13. The summed E-state index contributed by atoms with van der Waals surface area (Å²) in [6.45, 7) is -0.0335. The van der Waals surface area contributed by atoms with E-state index in [2.05, 4.69) is 10.3 Å². The lowest BCUT2D eigenvalue weighted by Gasteiger charge is -2.15. The Morgan fingerprint density at radius 2 is 2.10 bits per heavy atom. The fourth-order valence-corrected chi connectivity index (χ4v) is 3.04. The highest BCUT2D eigenvalue weighted by atomic mass is 32.2. The van der Waals surface area contributed by atoms with E-state index in [9.17, 15) is 9.18 Å². The first-order valence-electron chi connectivity index (χ1n) is 6.93. The van der Waals surface area contributed by atoms with Crippen molar-refractivity contribution >= 4 is 23.5 Å². The van der Waals surface area contributed by atoms with E-state index < -0.39 is 0 Å². The summed E-state index contributed by atoms with van der Waals surface area (Å²) in [5.41, 5.74) is 1.28. The number of carbonyl (C=O) groups excluding carboxylic acids is 1. The summed E-state index contributed by atoms with van der Waals surface area (Å²) in [6.07, 6.45) is 3.07. The lowest BCUT2D eigenvalue weighted by Crippen LogP contribution is -2.26. The predicted molar refractivity (Wildman–Crippen MR) is 85.6 cm³/mol. The van der Waals surface area contributed by atoms with Gasteiger partial charge in [0.15, 0.2) is 0 Å². The van der Waals surface area contributed by atoms with Gasteiger partial charge in [-0.1, -0.05) is 0 Å². The second-order valence-corrected chi connectivity index (χ2v) is 6.33. The van der Waals surface area contributed by atoms with E-state index in [1.54, 1.807) is 12.1 Å². The number of thioether (sulfide) groups is 1. The molecule has 6 heteroatoms. The highest BCUT2D eigenvalue weighted by Crippen LogP contribution is 2.25. The molecule has 1 aliphatic heterocycles. The van der Waals surface area contributed by atoms with Gasteiger partial charge in [-0.05, 0) is 42.1 Å². The van der Waals surface area contributed by atoms with Crippen LogP contribution in [0.2, 0.25) is 0 Å². The van der Waals surface area contributed by atoms with Crippen LogP contribution in [-0.2, 0) is 0 Å². The zero-order valence-corrected chi connectivity index (χ0v) is 13.2. The molecule has 2 rings (SSSR count). The number of nitrogens with one attached hydrogen (secondary N) is 1. The molecule has 0 unspecified atom stereocenters. The molecular weight excluding hydrogens is 289 g/mol. The van der Waals surface area contributed by atoms with Crippen LogP contribution in [0, 0.1) is 0 Å². The molecular formula is C15H20FN3OS. The van der Waals surface area contributed by atoms with E-state index in [0.29, 0.717) is 5.56 Å². The van der Waals surface area contributed by atoms with Crippen molar-refractivity contribution in [2.24, 2.45) is 0 Å². The van der Waals surface area contributed by atoms with Gasteiger partial charge < -0.3 is 10.2 Å². The predicted octanol–water partition coefficient (Wildman–Crippen LogP) is 2.63. The van der Waals surface area contributed by atoms with Crippen molar-refractivity contribution in [3.05, 3.63) is 35.3 Å². The van der Waals surface area contributed by atoms with Crippen LogP contribution in [0.25, 0.3) is 0 Å². The lowest BCUT2D eigenvalue weighted by molar-refractivity contribution is 0.0954. The molecule has 0 saturated carbocycles. The van der Waals surface area contributed by atoms with Crippen LogP contribution in [0.4, 0.5) is 10.2 Å². The average Bonchev–Trinajstić information content (AvgIpc) is 2.53. The van der Waals surface area contributed by atoms with E-state index in [0.717, 1.165) is 35.7 Å². The number of anilines is 1. The van der Waals surface area contributed by atoms with Crippen LogP contribution >= 0.6 is 11.8 Å². The minimum atomic E-state index is -0.297. The summed E-state index contributed by atoms with van der Waals surface area (Å²) in [7, 11) is 3.76. The van der Waals surface area contributed by atoms with Crippen LogP contribution in [0.5, 0.6) is 0 Å². The number of carbonyl (C=O) groups is 1. The van der Waals surface area contributed by atoms with E-state index in [1.807, 2.05) is 30.8 Å². The monoisotopic (exact) mass is 309 g/mol. The Hall–Kier alpha value is -1.56. The third-order valence-corrected chi connectivity index (χ3v) is 4.34. The summed E-state index contributed by atoms with van der Waals surface area (Å²) in [5, 5.41) is 2.61. The molecule has 114 valence electrons. The van der Waals surface area contributed by atoms with Crippen molar-refractivity contribution in [3.63, 3.8) is 0 Å². The molecule has 1 fully saturated rings. The maximum atomic E-state index is 14.0. The normalized spacial score (nSPS) is 14.7. The molecule has 0 aliphatic carbocycles. The number of amides is 1. The average molecular weight is 309 g/mol. The van der Waals surface area contributed by atoms with Crippen molar-refractivity contribution in [3.8, 4) is 0 Å². The van der Waals surface area contributed by atoms with Gasteiger partial charge in [-0.25, -0.2) is 9.37 Å². The minimum absolute atomic E-state index is 0.0335. The molecule has 4 nitrogen and oxygen atoms in total. The molecule has 21 heavy (non-hydrogen) atoms. The molecule has 1 aromatic rings. The van der Waals surface area contributed by atoms with E-state index in [1.165, 1.54) is 6.20 Å². The Balaban J connectivity index is 1.92. The van der Waals surface area contributed by atoms with Crippen molar-refractivity contribution in [2.45, 2.75) is 12.8 Å². The van der Waals surface area contributed by atoms with Crippen molar-refractivity contribution in [1.29, 1.82) is 0 Å². The van der Waals surface area contributed by atoms with Gasteiger partial charge in [-0.15, -0.1) is 0 Å². The summed E-state index contributed by atoms with van der Waals surface area (Å²) in [6, 6.07) is 3.46. The van der Waals surface area contributed by atoms with Gasteiger partial charge in [-0.2, -0.15) is 11.8 Å². The Bertz CT molecular complexity index is 520. The highest BCUT2D eigenvalue weighted by molar-refractivity contribution is 7.99. The summed E-state index contributed by atoms with van der Waals surface area (Å²) >= 11 is 1.84. The lowest BCUT2D eigenvalue weighted by atomic mass is 10.1. The number of pyridine rings is 1. The largest absolute Gasteiger partial charge is 0.363 e. The van der Waals surface area contributed by atoms with Crippen LogP contribution in [0.1, 0.15) is 23.2 Å². The number of nitrogens with zero attached hydrogens (tertiary/aromatic N) is 2. The fourth-order valence-electron chi connectivity index (χ4n) is 2.06. The van der Waals surface area contributed by atoms with Crippen LogP contribution in [-0.4, -0.2) is 43.0 Å². The second kappa shape index (κ2) is 7.45. The number of allylic oxidation sites excluding steroid dienone is 1. The topological polar surface area (TPSA) is 45.2 Å². The third kappa shape index (κ3) is 4.46. The van der Waals surface area contributed by atoms with Gasteiger partial charge in [0.25, 0.3) is 5.91 Å². The first-order chi connectivity index (χ1) is 10.1. The van der Waals surface area contributed by atoms with Crippen molar-refractivity contribution < 1.29 is 9.18 Å². The molecule has 1 amide bonds. The molecule has 1 saturated heterocycles. The smallest absolute Gasteiger partial charge is 0.253 e. The Kier molecular flexibility index (Phi) is 5.61. The number of hydrogen-bond donors (Lipinski definition) is 1. The summed E-state index contributed by atoms with van der Waals surface area (Å²) in [5.74, 6) is 2.22. The maximum Gasteiger partial charge on any atom is 0.253 e. The van der Waals surface area contributed by atoms with Gasteiger partial charge in [0.2, 0.25) is 0 Å². The zero-order chi connectivity index (χ0) is 15.2. The third-order valence-electron chi connectivity index (χ3n) is 3.35. The maximum absolute atomic E-state index is 14.0. The summed E-state index contributed by atoms with van der Waals surface area (Å²) < 4.78 is 14.0. The molecule has 0 spiro atoms. The van der Waals surface area contributed by atoms with Crippen LogP contribution in [0.3, 0.4) is 0 Å². The molecule has 0 bridgehead atoms. The minimum Gasteiger partial charge on any atom is -0.363 e. The first kappa shape index (κ1) is 15.8. The van der Waals surface area contributed by atoms with Gasteiger partial charge in [0, 0.05) is 20.3 Å². The number of hydrogen-bond acceptors (Lipinski definition) is 4.